The van der Waals surface area contributed by atoms with Crippen LogP contribution >= 0.6 is 0 Å². The molecule has 0 heterocycles. The third-order valence-corrected chi connectivity index (χ3v) is 5.98. The first kappa shape index (κ1) is 29.0. The molecule has 1 fully saturated rings. The first-order valence-corrected chi connectivity index (χ1v) is 11.6. The van der Waals surface area contributed by atoms with Gasteiger partial charge in [0, 0.05) is 25.0 Å². The zero-order chi connectivity index (χ0) is 28.7. The smallest absolute Gasteiger partial charge is 0.335 e. The number of ether oxygens (including phenoxy) is 4. The molecule has 0 aliphatic heterocycles. The van der Waals surface area contributed by atoms with Gasteiger partial charge in [0.25, 0.3) is 0 Å². The lowest BCUT2D eigenvalue weighted by Crippen LogP contribution is -2.58. The van der Waals surface area contributed by atoms with Crippen molar-refractivity contribution in [1.82, 2.24) is 0 Å². The molecule has 0 spiro atoms. The van der Waals surface area contributed by atoms with Gasteiger partial charge < -0.3 is 44.5 Å². The monoisotopic (exact) mass is 544 g/mol. The van der Waals surface area contributed by atoms with Gasteiger partial charge in [-0.25, -0.2) is 14.4 Å². The fourth-order valence-corrected chi connectivity index (χ4v) is 3.97. The Morgan fingerprint density at radius 3 is 2.03 bits per heavy atom. The molecule has 1 saturated carbocycles. The maximum absolute atomic E-state index is 12.6. The summed E-state index contributed by atoms with van der Waals surface area (Å²) in [5, 5.41) is 49.4. The molecule has 4 atom stereocenters. The molecule has 1 aliphatic rings. The fourth-order valence-electron chi connectivity index (χ4n) is 3.97. The van der Waals surface area contributed by atoms with Crippen molar-refractivity contribution in [3.05, 3.63) is 59.7 Å². The number of aliphatic hydroxyl groups is 2. The number of phenols is 2. The number of hydrogen-bond acceptors (Lipinski definition) is 11. The van der Waals surface area contributed by atoms with E-state index in [0.717, 1.165) is 12.2 Å². The van der Waals surface area contributed by atoms with Crippen LogP contribution in [0.1, 0.15) is 24.0 Å². The number of benzene rings is 2. The van der Waals surface area contributed by atoms with E-state index in [2.05, 4.69) is 0 Å². The first-order chi connectivity index (χ1) is 18.4. The molecule has 39 heavy (non-hydrogen) atoms. The van der Waals surface area contributed by atoms with E-state index < -0.39 is 60.4 Å². The van der Waals surface area contributed by atoms with Crippen molar-refractivity contribution < 1.29 is 58.9 Å². The highest BCUT2D eigenvalue weighted by Crippen LogP contribution is 2.34. The number of carboxylic acid groups (broad SMARTS) is 1. The number of carboxylic acids is 1. The zero-order valence-corrected chi connectivity index (χ0v) is 21.0. The van der Waals surface area contributed by atoms with E-state index in [-0.39, 0.29) is 5.75 Å². The molecule has 2 aromatic carbocycles. The number of aliphatic carboxylic acids is 1. The van der Waals surface area contributed by atoms with Crippen LogP contribution in [0.2, 0.25) is 0 Å². The summed E-state index contributed by atoms with van der Waals surface area (Å²) in [6, 6.07) is 8.68. The molecule has 1 aliphatic carbocycles. The Bertz CT molecular complexity index is 1280. The van der Waals surface area contributed by atoms with Gasteiger partial charge in [0.05, 0.1) is 20.3 Å². The second kappa shape index (κ2) is 12.3. The van der Waals surface area contributed by atoms with Gasteiger partial charge in [0.15, 0.2) is 34.7 Å². The number of carbonyl (C=O) groups is 3. The Kier molecular flexibility index (Phi) is 9.17. The minimum absolute atomic E-state index is 0.330. The summed E-state index contributed by atoms with van der Waals surface area (Å²) in [6.07, 6.45) is -1.34. The predicted molar refractivity (Wildman–Crippen MR) is 135 cm³/mol. The number of aromatic hydroxyl groups is 2. The van der Waals surface area contributed by atoms with Crippen LogP contribution in [0, 0.1) is 0 Å². The molecule has 12 heteroatoms. The van der Waals surface area contributed by atoms with Crippen molar-refractivity contribution in [2.75, 3.05) is 14.2 Å². The van der Waals surface area contributed by atoms with Crippen LogP contribution in [0.5, 0.6) is 23.0 Å². The lowest BCUT2D eigenvalue weighted by molar-refractivity contribution is -0.204. The summed E-state index contributed by atoms with van der Waals surface area (Å²) in [5.41, 5.74) is -1.55. The van der Waals surface area contributed by atoms with Gasteiger partial charge in [-0.05, 0) is 47.5 Å². The number of carbonyl (C=O) groups excluding carboxylic acids is 2. The van der Waals surface area contributed by atoms with E-state index in [9.17, 15) is 39.9 Å². The molecule has 0 unspecified atom stereocenters. The Balaban J connectivity index is 1.76. The van der Waals surface area contributed by atoms with Gasteiger partial charge in [-0.15, -0.1) is 0 Å². The van der Waals surface area contributed by atoms with Crippen molar-refractivity contribution in [3.8, 4) is 23.0 Å². The molecular weight excluding hydrogens is 516 g/mol. The minimum Gasteiger partial charge on any atom is -0.504 e. The fraction of sp³-hybridized carbons (Fsp3) is 0.296. The SMILES string of the molecule is COc1ccc(/C=C/C(=O)O[C@@H]2[C@@H](OC(=O)/C=C/c3ccc(O)c(O)c3)C[C@@](O)(C(=O)O)C[C@@H]2O)cc1OC. The Morgan fingerprint density at radius 2 is 1.44 bits per heavy atom. The summed E-state index contributed by atoms with van der Waals surface area (Å²) < 4.78 is 20.9. The molecule has 208 valence electrons. The molecule has 5 N–H and O–H groups in total. The largest absolute Gasteiger partial charge is 0.504 e. The van der Waals surface area contributed by atoms with Gasteiger partial charge in [-0.1, -0.05) is 12.1 Å². The van der Waals surface area contributed by atoms with Gasteiger partial charge in [-0.3, -0.25) is 0 Å². The quantitative estimate of drug-likeness (QED) is 0.175. The van der Waals surface area contributed by atoms with Crippen molar-refractivity contribution in [2.45, 2.75) is 36.8 Å². The molecule has 0 amide bonds. The maximum atomic E-state index is 12.6. The molecule has 0 aromatic heterocycles. The third kappa shape index (κ3) is 7.27. The molecular formula is C27H28O12. The Labute approximate surface area is 222 Å². The van der Waals surface area contributed by atoms with Gasteiger partial charge in [0.1, 0.15) is 6.10 Å². The Morgan fingerprint density at radius 1 is 0.846 bits per heavy atom. The molecule has 2 aromatic rings. The van der Waals surface area contributed by atoms with Crippen molar-refractivity contribution >= 4 is 30.1 Å². The standard InChI is InChI=1S/C27H28O12/c1-36-20-8-4-16(12-21(20)37-2)6-10-24(32)39-25-19(30)13-27(35,26(33)34)14-22(25)38-23(31)9-5-15-3-7-17(28)18(29)11-15/h3-12,19,22,25,28-30,35H,13-14H2,1-2H3,(H,33,34)/b9-5+,10-6+/t19-,22-,25-,27+/m0/s1. The van der Waals surface area contributed by atoms with E-state index >= 15 is 0 Å². The third-order valence-electron chi connectivity index (χ3n) is 5.98. The molecule has 0 radical (unpaired) electrons. The second-order valence-corrected chi connectivity index (χ2v) is 8.72. The summed E-state index contributed by atoms with van der Waals surface area (Å²) in [5.74, 6) is -3.44. The van der Waals surface area contributed by atoms with Gasteiger partial charge >= 0.3 is 17.9 Å². The number of phenolic OH excluding ortho intramolecular Hbond substituents is 2. The summed E-state index contributed by atoms with van der Waals surface area (Å²) in [7, 11) is 2.93. The average Bonchev–Trinajstić information content (AvgIpc) is 2.89. The van der Waals surface area contributed by atoms with Gasteiger partial charge in [-0.2, -0.15) is 0 Å². The number of hydrogen-bond donors (Lipinski definition) is 5. The number of aliphatic hydroxyl groups excluding tert-OH is 1. The van der Waals surface area contributed by atoms with Crippen LogP contribution in [0.3, 0.4) is 0 Å². The average molecular weight is 545 g/mol. The summed E-state index contributed by atoms with van der Waals surface area (Å²) >= 11 is 0. The highest BCUT2D eigenvalue weighted by Gasteiger charge is 2.52. The van der Waals surface area contributed by atoms with Gasteiger partial charge in [0.2, 0.25) is 0 Å². The number of methoxy groups -OCH3 is 2. The second-order valence-electron chi connectivity index (χ2n) is 8.72. The van der Waals surface area contributed by atoms with Crippen LogP contribution in [-0.4, -0.2) is 81.6 Å². The van der Waals surface area contributed by atoms with Crippen LogP contribution in [0.15, 0.2) is 48.6 Å². The highest BCUT2D eigenvalue weighted by atomic mass is 16.6. The molecule has 12 nitrogen and oxygen atoms in total. The van der Waals surface area contributed by atoms with Crippen molar-refractivity contribution in [2.24, 2.45) is 0 Å². The molecule has 0 saturated heterocycles. The molecule has 0 bridgehead atoms. The topological polar surface area (TPSA) is 189 Å². The maximum Gasteiger partial charge on any atom is 0.335 e. The van der Waals surface area contributed by atoms with Crippen LogP contribution < -0.4 is 9.47 Å². The summed E-state index contributed by atoms with van der Waals surface area (Å²) in [6.45, 7) is 0. The predicted octanol–water partition coefficient (Wildman–Crippen LogP) is 1.64. The lowest BCUT2D eigenvalue weighted by atomic mass is 9.79. The van der Waals surface area contributed by atoms with E-state index in [4.69, 9.17) is 18.9 Å². The van der Waals surface area contributed by atoms with E-state index in [0.29, 0.717) is 22.6 Å². The van der Waals surface area contributed by atoms with E-state index in [1.165, 1.54) is 44.6 Å². The normalized spacial score (nSPS) is 22.9. The van der Waals surface area contributed by atoms with Crippen LogP contribution in [0.4, 0.5) is 0 Å². The van der Waals surface area contributed by atoms with Crippen LogP contribution in [0.25, 0.3) is 12.2 Å². The van der Waals surface area contributed by atoms with E-state index in [1.807, 2.05) is 0 Å². The summed E-state index contributed by atoms with van der Waals surface area (Å²) in [4.78, 5) is 36.6. The Hall–Kier alpha value is -4.55. The number of rotatable bonds is 9. The minimum atomic E-state index is -2.44. The van der Waals surface area contributed by atoms with Crippen molar-refractivity contribution in [1.29, 1.82) is 0 Å². The zero-order valence-electron chi connectivity index (χ0n) is 21.0. The highest BCUT2D eigenvalue weighted by molar-refractivity contribution is 5.88. The number of esters is 2. The van der Waals surface area contributed by atoms with E-state index in [1.54, 1.807) is 18.2 Å². The first-order valence-electron chi connectivity index (χ1n) is 11.6. The van der Waals surface area contributed by atoms with Crippen molar-refractivity contribution in [3.63, 3.8) is 0 Å². The lowest BCUT2D eigenvalue weighted by Gasteiger charge is -2.40. The van der Waals surface area contributed by atoms with Crippen LogP contribution in [-0.2, 0) is 23.9 Å². The molecule has 3 rings (SSSR count).